The Morgan fingerprint density at radius 3 is 3.00 bits per heavy atom. The molecule has 0 fully saturated rings. The molecule has 0 amide bonds. The number of fused-ring (bicyclic) bond motifs is 1. The molecule has 0 aliphatic carbocycles. The SMILES string of the molecule is CCC(C#N)N1CC(C)NCc2ccccc21. The quantitative estimate of drug-likeness (QED) is 0.845. The van der Waals surface area contributed by atoms with Crippen molar-refractivity contribution in [2.75, 3.05) is 11.4 Å². The molecule has 2 rings (SSSR count). The van der Waals surface area contributed by atoms with Crippen LogP contribution in [-0.4, -0.2) is 18.6 Å². The van der Waals surface area contributed by atoms with E-state index in [9.17, 15) is 5.26 Å². The van der Waals surface area contributed by atoms with E-state index >= 15 is 0 Å². The number of nitriles is 1. The summed E-state index contributed by atoms with van der Waals surface area (Å²) in [7, 11) is 0. The third-order valence-corrected chi connectivity index (χ3v) is 3.32. The first-order valence-electron chi connectivity index (χ1n) is 6.23. The molecule has 3 heteroatoms. The van der Waals surface area contributed by atoms with Gasteiger partial charge in [-0.25, -0.2) is 0 Å². The smallest absolute Gasteiger partial charge is 0.116 e. The summed E-state index contributed by atoms with van der Waals surface area (Å²) in [6.45, 7) is 6.02. The summed E-state index contributed by atoms with van der Waals surface area (Å²) in [6.07, 6.45) is 0.859. The number of hydrogen-bond acceptors (Lipinski definition) is 3. The van der Waals surface area contributed by atoms with Crippen LogP contribution >= 0.6 is 0 Å². The Hall–Kier alpha value is -1.53. The molecule has 1 aromatic rings. The molecule has 1 heterocycles. The van der Waals surface area contributed by atoms with Gasteiger partial charge >= 0.3 is 0 Å². The third kappa shape index (κ3) is 2.42. The summed E-state index contributed by atoms with van der Waals surface area (Å²) in [5, 5.41) is 12.8. The number of para-hydroxylation sites is 1. The summed E-state index contributed by atoms with van der Waals surface area (Å²) in [6, 6.07) is 11.1. The van der Waals surface area contributed by atoms with Crippen LogP contribution in [0.4, 0.5) is 5.69 Å². The van der Waals surface area contributed by atoms with E-state index < -0.39 is 0 Å². The highest BCUT2D eigenvalue weighted by Crippen LogP contribution is 2.25. The highest BCUT2D eigenvalue weighted by atomic mass is 15.2. The lowest BCUT2D eigenvalue weighted by Gasteiger charge is -2.30. The van der Waals surface area contributed by atoms with Gasteiger partial charge in [0.15, 0.2) is 0 Å². The molecule has 90 valence electrons. The molecule has 0 aromatic heterocycles. The fourth-order valence-electron chi connectivity index (χ4n) is 2.36. The highest BCUT2D eigenvalue weighted by Gasteiger charge is 2.23. The molecular formula is C14H19N3. The third-order valence-electron chi connectivity index (χ3n) is 3.32. The number of rotatable bonds is 2. The van der Waals surface area contributed by atoms with Gasteiger partial charge in [-0.05, 0) is 25.0 Å². The Kier molecular flexibility index (Phi) is 3.65. The molecule has 0 spiro atoms. The maximum Gasteiger partial charge on any atom is 0.116 e. The fraction of sp³-hybridized carbons (Fsp3) is 0.500. The first-order chi connectivity index (χ1) is 8.26. The molecule has 2 atom stereocenters. The molecule has 0 radical (unpaired) electrons. The van der Waals surface area contributed by atoms with Gasteiger partial charge in [0, 0.05) is 24.8 Å². The number of hydrogen-bond donors (Lipinski definition) is 1. The van der Waals surface area contributed by atoms with Gasteiger partial charge in [-0.3, -0.25) is 0 Å². The second-order valence-corrected chi connectivity index (χ2v) is 4.62. The van der Waals surface area contributed by atoms with E-state index in [0.717, 1.165) is 19.5 Å². The molecule has 1 aliphatic heterocycles. The van der Waals surface area contributed by atoms with E-state index in [0.29, 0.717) is 6.04 Å². The standard InChI is InChI=1S/C14H19N3/c1-3-13(8-15)17-10-11(2)16-9-12-6-4-5-7-14(12)17/h4-7,11,13,16H,3,9-10H2,1-2H3. The van der Waals surface area contributed by atoms with Crippen molar-refractivity contribution in [1.82, 2.24) is 5.32 Å². The summed E-state index contributed by atoms with van der Waals surface area (Å²) >= 11 is 0. The van der Waals surface area contributed by atoms with Crippen LogP contribution in [0.2, 0.25) is 0 Å². The molecule has 3 nitrogen and oxygen atoms in total. The number of benzene rings is 1. The van der Waals surface area contributed by atoms with Crippen LogP contribution in [0.1, 0.15) is 25.8 Å². The lowest BCUT2D eigenvalue weighted by molar-refractivity contribution is 0.537. The average Bonchev–Trinajstić information content (AvgIpc) is 2.52. The largest absolute Gasteiger partial charge is 0.354 e. The van der Waals surface area contributed by atoms with Gasteiger partial charge < -0.3 is 10.2 Å². The van der Waals surface area contributed by atoms with Crippen molar-refractivity contribution < 1.29 is 0 Å². The minimum Gasteiger partial charge on any atom is -0.354 e. The Balaban J connectivity index is 2.39. The minimum absolute atomic E-state index is 0.0292. The van der Waals surface area contributed by atoms with Crippen molar-refractivity contribution in [3.05, 3.63) is 29.8 Å². The number of nitrogens with zero attached hydrogens (tertiary/aromatic N) is 2. The molecule has 0 bridgehead atoms. The van der Waals surface area contributed by atoms with Gasteiger partial charge in [0.2, 0.25) is 0 Å². The van der Waals surface area contributed by atoms with Gasteiger partial charge in [0.25, 0.3) is 0 Å². The topological polar surface area (TPSA) is 39.1 Å². The predicted molar refractivity (Wildman–Crippen MR) is 69.8 cm³/mol. The summed E-state index contributed by atoms with van der Waals surface area (Å²) in [4.78, 5) is 2.24. The Labute approximate surface area is 103 Å². The lowest BCUT2D eigenvalue weighted by atomic mass is 10.1. The van der Waals surface area contributed by atoms with Crippen molar-refractivity contribution in [3.8, 4) is 6.07 Å². The van der Waals surface area contributed by atoms with Crippen molar-refractivity contribution in [3.63, 3.8) is 0 Å². The minimum atomic E-state index is -0.0292. The maximum atomic E-state index is 9.27. The first kappa shape index (κ1) is 11.9. The second-order valence-electron chi connectivity index (χ2n) is 4.62. The zero-order valence-corrected chi connectivity index (χ0v) is 10.5. The van der Waals surface area contributed by atoms with E-state index in [1.165, 1.54) is 11.3 Å². The number of nitrogens with one attached hydrogen (secondary N) is 1. The van der Waals surface area contributed by atoms with Crippen molar-refractivity contribution >= 4 is 5.69 Å². The molecule has 0 saturated heterocycles. The molecule has 2 unspecified atom stereocenters. The molecule has 17 heavy (non-hydrogen) atoms. The molecule has 1 aliphatic rings. The zero-order chi connectivity index (χ0) is 12.3. The predicted octanol–water partition coefficient (Wildman–Crippen LogP) is 2.29. The van der Waals surface area contributed by atoms with Crippen LogP contribution in [-0.2, 0) is 6.54 Å². The van der Waals surface area contributed by atoms with Crippen LogP contribution in [0.25, 0.3) is 0 Å². The number of anilines is 1. The van der Waals surface area contributed by atoms with Gasteiger partial charge in [-0.1, -0.05) is 25.1 Å². The Bertz CT molecular complexity index is 422. The normalized spacial score (nSPS) is 21.2. The van der Waals surface area contributed by atoms with E-state index in [1.807, 2.05) is 6.07 Å². The van der Waals surface area contributed by atoms with Gasteiger partial charge in [-0.15, -0.1) is 0 Å². The van der Waals surface area contributed by atoms with Crippen molar-refractivity contribution in [1.29, 1.82) is 5.26 Å². The molecule has 1 aromatic carbocycles. The highest BCUT2D eigenvalue weighted by molar-refractivity contribution is 5.56. The van der Waals surface area contributed by atoms with Gasteiger partial charge in [-0.2, -0.15) is 5.26 Å². The summed E-state index contributed by atoms with van der Waals surface area (Å²) in [5.41, 5.74) is 2.49. The second kappa shape index (κ2) is 5.20. The average molecular weight is 229 g/mol. The van der Waals surface area contributed by atoms with Crippen LogP contribution < -0.4 is 10.2 Å². The molecule has 1 N–H and O–H groups in total. The summed E-state index contributed by atoms with van der Waals surface area (Å²) in [5.74, 6) is 0. The molecule has 0 saturated carbocycles. The van der Waals surface area contributed by atoms with Crippen molar-refractivity contribution in [2.24, 2.45) is 0 Å². The van der Waals surface area contributed by atoms with Crippen LogP contribution in [0.5, 0.6) is 0 Å². The van der Waals surface area contributed by atoms with Crippen molar-refractivity contribution in [2.45, 2.75) is 38.9 Å². The van der Waals surface area contributed by atoms with Gasteiger partial charge in [0.1, 0.15) is 6.04 Å². The Morgan fingerprint density at radius 2 is 2.29 bits per heavy atom. The Morgan fingerprint density at radius 1 is 1.53 bits per heavy atom. The fourth-order valence-corrected chi connectivity index (χ4v) is 2.36. The van der Waals surface area contributed by atoms with E-state index in [2.05, 4.69) is 48.3 Å². The molecular weight excluding hydrogens is 210 g/mol. The van der Waals surface area contributed by atoms with Crippen LogP contribution in [0, 0.1) is 11.3 Å². The van der Waals surface area contributed by atoms with E-state index in [1.54, 1.807) is 0 Å². The lowest BCUT2D eigenvalue weighted by Crippen LogP contribution is -2.41. The van der Waals surface area contributed by atoms with E-state index in [-0.39, 0.29) is 6.04 Å². The summed E-state index contributed by atoms with van der Waals surface area (Å²) < 4.78 is 0. The van der Waals surface area contributed by atoms with E-state index in [4.69, 9.17) is 0 Å². The first-order valence-corrected chi connectivity index (χ1v) is 6.23. The van der Waals surface area contributed by atoms with Gasteiger partial charge in [0.05, 0.1) is 6.07 Å². The maximum absolute atomic E-state index is 9.27. The van der Waals surface area contributed by atoms with Crippen LogP contribution in [0.15, 0.2) is 24.3 Å². The zero-order valence-electron chi connectivity index (χ0n) is 10.5. The monoisotopic (exact) mass is 229 g/mol. The van der Waals surface area contributed by atoms with Crippen LogP contribution in [0.3, 0.4) is 0 Å².